The van der Waals surface area contributed by atoms with E-state index in [1.54, 1.807) is 36.4 Å². The fourth-order valence-corrected chi connectivity index (χ4v) is 2.82. The van der Waals surface area contributed by atoms with E-state index >= 15 is 0 Å². The molecule has 0 aliphatic heterocycles. The van der Waals surface area contributed by atoms with Crippen molar-refractivity contribution in [1.29, 1.82) is 0 Å². The number of phenolic OH excluding ortho intramolecular Hbond substituents is 2. The topological polar surface area (TPSA) is 126 Å². The summed E-state index contributed by atoms with van der Waals surface area (Å²) in [5.41, 5.74) is 4.87. The van der Waals surface area contributed by atoms with Crippen molar-refractivity contribution in [2.24, 2.45) is 5.10 Å². The molecule has 9 nitrogen and oxygen atoms in total. The molecule has 4 rings (SSSR count). The summed E-state index contributed by atoms with van der Waals surface area (Å²) in [7, 11) is 0. The quantitative estimate of drug-likeness (QED) is 0.253. The van der Waals surface area contributed by atoms with Crippen LogP contribution in [0.5, 0.6) is 11.5 Å². The predicted octanol–water partition coefficient (Wildman–Crippen LogP) is 2.56. The van der Waals surface area contributed by atoms with E-state index < -0.39 is 5.91 Å². The highest BCUT2D eigenvalue weighted by molar-refractivity contribution is 5.95. The van der Waals surface area contributed by atoms with Crippen LogP contribution in [0.3, 0.4) is 0 Å². The molecule has 0 atom stereocenters. The second-order valence-corrected chi connectivity index (χ2v) is 6.62. The summed E-state index contributed by atoms with van der Waals surface area (Å²) in [4.78, 5) is 13.7. The van der Waals surface area contributed by atoms with Gasteiger partial charge in [0.05, 0.1) is 12.8 Å². The number of phenols is 2. The van der Waals surface area contributed by atoms with Crippen LogP contribution in [0.2, 0.25) is 0 Å². The van der Waals surface area contributed by atoms with Crippen molar-refractivity contribution in [2.75, 3.05) is 0 Å². The maximum atomic E-state index is 12.2. The van der Waals surface area contributed by atoms with E-state index in [1.807, 2.05) is 30.3 Å². The Hall–Kier alpha value is -4.53. The molecule has 0 saturated carbocycles. The largest absolute Gasteiger partial charge is 0.504 e. The molecule has 0 fully saturated rings. The van der Waals surface area contributed by atoms with Crippen molar-refractivity contribution in [3.05, 3.63) is 89.5 Å². The molecule has 154 valence electrons. The van der Waals surface area contributed by atoms with Crippen LogP contribution < -0.4 is 5.43 Å². The third-order valence-corrected chi connectivity index (χ3v) is 4.44. The molecule has 9 heteroatoms. The first-order chi connectivity index (χ1) is 15.1. The van der Waals surface area contributed by atoms with Crippen LogP contribution in [0.4, 0.5) is 0 Å². The second kappa shape index (κ2) is 8.87. The van der Waals surface area contributed by atoms with Crippen LogP contribution in [-0.4, -0.2) is 42.5 Å². The first kappa shape index (κ1) is 19.8. The first-order valence-corrected chi connectivity index (χ1v) is 9.36. The number of rotatable bonds is 6. The summed E-state index contributed by atoms with van der Waals surface area (Å²) < 4.78 is 0. The van der Waals surface area contributed by atoms with Gasteiger partial charge in [-0.05, 0) is 35.0 Å². The maximum absolute atomic E-state index is 12.2. The normalized spacial score (nSPS) is 11.0. The number of nitrogens with zero attached hydrogens (tertiary/aromatic N) is 5. The Balaban J connectivity index is 1.37. The number of carbonyl (C=O) groups is 1. The maximum Gasteiger partial charge on any atom is 0.271 e. The van der Waals surface area contributed by atoms with Crippen molar-refractivity contribution in [1.82, 2.24) is 25.6 Å². The Morgan fingerprint density at radius 2 is 1.77 bits per heavy atom. The van der Waals surface area contributed by atoms with Gasteiger partial charge in [-0.15, -0.1) is 10.2 Å². The fourth-order valence-electron chi connectivity index (χ4n) is 2.82. The summed E-state index contributed by atoms with van der Waals surface area (Å²) >= 11 is 0. The lowest BCUT2D eigenvalue weighted by molar-refractivity contribution is 0.0955. The summed E-state index contributed by atoms with van der Waals surface area (Å²) in [6.07, 6.45) is 1.25. The molecule has 0 radical (unpaired) electrons. The molecule has 1 amide bonds. The minimum absolute atomic E-state index is 0.261. The molecule has 0 spiro atoms. The van der Waals surface area contributed by atoms with Gasteiger partial charge in [0, 0.05) is 16.7 Å². The van der Waals surface area contributed by atoms with Crippen LogP contribution in [0, 0.1) is 0 Å². The lowest BCUT2D eigenvalue weighted by atomic mass is 10.1. The smallest absolute Gasteiger partial charge is 0.271 e. The standard InChI is InChI=1S/C22H18N6O3/c29-19-8-4-7-18(20(19)30)13-23-25-22(31)17-11-9-15(10-12-17)14-28-26-21(24-27-28)16-5-2-1-3-6-16/h1-13,29-30H,14H2,(H,25,31)/b23-13+. The van der Waals surface area contributed by atoms with Crippen LogP contribution in [0.15, 0.2) is 77.9 Å². The zero-order valence-corrected chi connectivity index (χ0v) is 16.3. The lowest BCUT2D eigenvalue weighted by Crippen LogP contribution is -2.17. The molecule has 1 heterocycles. The number of hydrogen-bond donors (Lipinski definition) is 3. The van der Waals surface area contributed by atoms with Gasteiger partial charge >= 0.3 is 0 Å². The molecule has 0 saturated heterocycles. The van der Waals surface area contributed by atoms with Gasteiger partial charge in [-0.1, -0.05) is 48.5 Å². The number of hydrogen-bond acceptors (Lipinski definition) is 7. The Bertz CT molecular complexity index is 1220. The summed E-state index contributed by atoms with van der Waals surface area (Å²) in [6, 6.07) is 21.0. The Morgan fingerprint density at radius 1 is 1.00 bits per heavy atom. The second-order valence-electron chi connectivity index (χ2n) is 6.62. The van der Waals surface area contributed by atoms with E-state index in [9.17, 15) is 15.0 Å². The molecule has 1 aromatic heterocycles. The monoisotopic (exact) mass is 414 g/mol. The van der Waals surface area contributed by atoms with Gasteiger partial charge in [-0.2, -0.15) is 9.90 Å². The van der Waals surface area contributed by atoms with E-state index in [0.717, 1.165) is 11.1 Å². The minimum Gasteiger partial charge on any atom is -0.504 e. The number of amides is 1. The molecule has 4 aromatic rings. The highest BCUT2D eigenvalue weighted by Crippen LogP contribution is 2.26. The van der Waals surface area contributed by atoms with E-state index in [0.29, 0.717) is 17.9 Å². The molecule has 3 aromatic carbocycles. The zero-order chi connectivity index (χ0) is 21.6. The Labute approximate surface area is 177 Å². The van der Waals surface area contributed by atoms with Crippen molar-refractivity contribution in [3.8, 4) is 22.9 Å². The van der Waals surface area contributed by atoms with Gasteiger partial charge in [0.2, 0.25) is 5.82 Å². The number of para-hydroxylation sites is 1. The molecule has 0 unspecified atom stereocenters. The molecule has 31 heavy (non-hydrogen) atoms. The number of tetrazole rings is 1. The number of nitrogens with one attached hydrogen (secondary N) is 1. The molecule has 0 aliphatic rings. The van der Waals surface area contributed by atoms with Crippen LogP contribution in [-0.2, 0) is 6.54 Å². The number of aromatic hydroxyl groups is 2. The van der Waals surface area contributed by atoms with Crippen LogP contribution in [0.25, 0.3) is 11.4 Å². The highest BCUT2D eigenvalue weighted by Gasteiger charge is 2.08. The van der Waals surface area contributed by atoms with Crippen molar-refractivity contribution in [3.63, 3.8) is 0 Å². The molecular weight excluding hydrogens is 396 g/mol. The summed E-state index contributed by atoms with van der Waals surface area (Å²) in [5, 5.41) is 35.5. The molecular formula is C22H18N6O3. The van der Waals surface area contributed by atoms with Gasteiger partial charge in [-0.25, -0.2) is 5.43 Å². The fraction of sp³-hybridized carbons (Fsp3) is 0.0455. The van der Waals surface area contributed by atoms with E-state index in [1.165, 1.54) is 17.1 Å². The average molecular weight is 414 g/mol. The minimum atomic E-state index is -0.410. The first-order valence-electron chi connectivity index (χ1n) is 9.36. The van der Waals surface area contributed by atoms with Gasteiger partial charge in [0.1, 0.15) is 0 Å². The van der Waals surface area contributed by atoms with Gasteiger partial charge in [0.15, 0.2) is 11.5 Å². The molecule has 3 N–H and O–H groups in total. The Morgan fingerprint density at radius 3 is 2.55 bits per heavy atom. The van der Waals surface area contributed by atoms with E-state index in [2.05, 4.69) is 25.9 Å². The number of hydrazone groups is 1. The van der Waals surface area contributed by atoms with Crippen LogP contribution in [0.1, 0.15) is 21.5 Å². The SMILES string of the molecule is O=C(N/N=C/c1cccc(O)c1O)c1ccc(Cn2nnc(-c3ccccc3)n2)cc1. The van der Waals surface area contributed by atoms with Gasteiger partial charge in [-0.3, -0.25) is 4.79 Å². The molecule has 0 aliphatic carbocycles. The van der Waals surface area contributed by atoms with Gasteiger partial charge < -0.3 is 10.2 Å². The number of benzene rings is 3. The summed E-state index contributed by atoms with van der Waals surface area (Å²) in [6.45, 7) is 0.413. The van der Waals surface area contributed by atoms with Crippen LogP contribution >= 0.6 is 0 Å². The highest BCUT2D eigenvalue weighted by atomic mass is 16.3. The molecule has 0 bridgehead atoms. The number of carbonyl (C=O) groups excluding carboxylic acids is 1. The third-order valence-electron chi connectivity index (χ3n) is 4.44. The average Bonchev–Trinajstić information content (AvgIpc) is 3.26. The van der Waals surface area contributed by atoms with Crippen molar-refractivity contribution >= 4 is 12.1 Å². The summed E-state index contributed by atoms with van der Waals surface area (Å²) in [5.74, 6) is -0.425. The predicted molar refractivity (Wildman–Crippen MR) is 114 cm³/mol. The third kappa shape index (κ3) is 4.73. The van der Waals surface area contributed by atoms with Gasteiger partial charge in [0.25, 0.3) is 5.91 Å². The van der Waals surface area contributed by atoms with E-state index in [4.69, 9.17) is 0 Å². The number of aromatic nitrogens is 4. The zero-order valence-electron chi connectivity index (χ0n) is 16.3. The van der Waals surface area contributed by atoms with E-state index in [-0.39, 0.29) is 17.1 Å². The lowest BCUT2D eigenvalue weighted by Gasteiger charge is -2.03. The van der Waals surface area contributed by atoms with Crippen molar-refractivity contribution in [2.45, 2.75) is 6.54 Å². The van der Waals surface area contributed by atoms with Crippen molar-refractivity contribution < 1.29 is 15.0 Å². The Kier molecular flexibility index (Phi) is 5.66.